The Bertz CT molecular complexity index is 959. The Morgan fingerprint density at radius 3 is 2.14 bits per heavy atom. The van der Waals surface area contributed by atoms with Crippen LogP contribution in [0.4, 0.5) is 4.79 Å². The van der Waals surface area contributed by atoms with E-state index < -0.39 is 12.1 Å². The number of carbonyl (C=O) groups is 1. The van der Waals surface area contributed by atoms with Gasteiger partial charge in [-0.1, -0.05) is 78.3 Å². The molecule has 1 aliphatic rings. The van der Waals surface area contributed by atoms with Crippen molar-refractivity contribution in [3.05, 3.63) is 94.5 Å². The monoisotopic (exact) mass is 393 g/mol. The maximum absolute atomic E-state index is 12.4. The van der Waals surface area contributed by atoms with Gasteiger partial charge in [-0.25, -0.2) is 4.79 Å². The fraction of sp³-hybridized carbons (Fsp3) is 0.174. The third-order valence-corrected chi connectivity index (χ3v) is 5.44. The molecule has 3 aromatic carbocycles. The summed E-state index contributed by atoms with van der Waals surface area (Å²) in [4.78, 5) is 12.4. The Morgan fingerprint density at radius 1 is 0.964 bits per heavy atom. The molecule has 4 nitrogen and oxygen atoms in total. The molecule has 0 spiro atoms. The van der Waals surface area contributed by atoms with Gasteiger partial charge in [0.25, 0.3) is 0 Å². The molecule has 0 bridgehead atoms. The topological polar surface area (TPSA) is 58.6 Å². The Balaban J connectivity index is 1.47. The first kappa shape index (κ1) is 18.5. The van der Waals surface area contributed by atoms with E-state index in [1.807, 2.05) is 30.3 Å². The van der Waals surface area contributed by atoms with Gasteiger partial charge in [0, 0.05) is 10.9 Å². The van der Waals surface area contributed by atoms with Crippen LogP contribution in [0, 0.1) is 0 Å². The second-order valence-electron chi connectivity index (χ2n) is 6.73. The number of nitrogens with one attached hydrogen (secondary N) is 1. The highest BCUT2D eigenvalue weighted by Crippen LogP contribution is 2.44. The van der Waals surface area contributed by atoms with Crippen LogP contribution in [0.5, 0.6) is 0 Å². The van der Waals surface area contributed by atoms with Crippen molar-refractivity contribution in [2.24, 2.45) is 0 Å². The van der Waals surface area contributed by atoms with Gasteiger partial charge in [-0.15, -0.1) is 0 Å². The van der Waals surface area contributed by atoms with Crippen molar-refractivity contribution in [2.45, 2.75) is 12.0 Å². The van der Waals surface area contributed by atoms with E-state index in [1.165, 1.54) is 11.1 Å². The Labute approximate surface area is 168 Å². The van der Waals surface area contributed by atoms with E-state index in [2.05, 4.69) is 29.6 Å². The SMILES string of the molecule is O=C(NC(CO)c1ccccc1Cl)OCC1c2ccccc2-c2ccccc21. The van der Waals surface area contributed by atoms with Crippen LogP contribution in [0.1, 0.15) is 28.7 Å². The number of hydrogen-bond acceptors (Lipinski definition) is 3. The predicted molar refractivity (Wildman–Crippen MR) is 109 cm³/mol. The second-order valence-corrected chi connectivity index (χ2v) is 7.13. The summed E-state index contributed by atoms with van der Waals surface area (Å²) in [7, 11) is 0. The molecule has 1 unspecified atom stereocenters. The first-order chi connectivity index (χ1) is 13.7. The first-order valence-corrected chi connectivity index (χ1v) is 9.53. The molecule has 4 rings (SSSR count). The smallest absolute Gasteiger partial charge is 0.407 e. The Hall–Kier alpha value is -2.82. The molecule has 0 radical (unpaired) electrons. The van der Waals surface area contributed by atoms with Crippen molar-refractivity contribution in [3.63, 3.8) is 0 Å². The van der Waals surface area contributed by atoms with Gasteiger partial charge in [-0.2, -0.15) is 0 Å². The standard InChI is InChI=1S/C23H20ClNO3/c24-21-12-6-5-11-19(21)22(13-26)25-23(27)28-14-20-17-9-3-1-7-15(17)16-8-2-4-10-18(16)20/h1-12,20,22,26H,13-14H2,(H,25,27). The number of aliphatic hydroxyl groups is 1. The number of carbonyl (C=O) groups excluding carboxylic acids is 1. The van der Waals surface area contributed by atoms with Crippen LogP contribution in [-0.2, 0) is 4.74 Å². The van der Waals surface area contributed by atoms with Gasteiger partial charge in [0.1, 0.15) is 6.61 Å². The molecule has 28 heavy (non-hydrogen) atoms. The molecule has 0 aliphatic heterocycles. The van der Waals surface area contributed by atoms with Crippen molar-refractivity contribution in [2.75, 3.05) is 13.2 Å². The minimum absolute atomic E-state index is 0.00830. The highest BCUT2D eigenvalue weighted by Gasteiger charge is 2.29. The van der Waals surface area contributed by atoms with E-state index in [4.69, 9.17) is 16.3 Å². The van der Waals surface area contributed by atoms with Gasteiger partial charge in [-0.05, 0) is 33.9 Å². The zero-order valence-electron chi connectivity index (χ0n) is 15.1. The molecule has 3 aromatic rings. The molecule has 2 N–H and O–H groups in total. The summed E-state index contributed by atoms with van der Waals surface area (Å²) in [6.45, 7) is -0.0472. The summed E-state index contributed by atoms with van der Waals surface area (Å²) in [5.74, 6) is -0.00830. The molecule has 0 aromatic heterocycles. The van der Waals surface area contributed by atoms with Crippen molar-refractivity contribution < 1.29 is 14.6 Å². The summed E-state index contributed by atoms with van der Waals surface area (Å²) in [5.41, 5.74) is 5.32. The lowest BCUT2D eigenvalue weighted by atomic mass is 9.98. The zero-order chi connectivity index (χ0) is 19.5. The van der Waals surface area contributed by atoms with Crippen molar-refractivity contribution >= 4 is 17.7 Å². The molecule has 1 aliphatic carbocycles. The fourth-order valence-corrected chi connectivity index (χ4v) is 4.03. The number of alkyl carbamates (subject to hydrolysis) is 1. The van der Waals surface area contributed by atoms with Crippen LogP contribution < -0.4 is 5.32 Å². The molecular formula is C23H20ClNO3. The van der Waals surface area contributed by atoms with Gasteiger partial charge >= 0.3 is 6.09 Å². The molecule has 5 heteroatoms. The average Bonchev–Trinajstić information content (AvgIpc) is 3.05. The number of rotatable bonds is 5. The minimum Gasteiger partial charge on any atom is -0.449 e. The number of halogens is 1. The summed E-state index contributed by atoms with van der Waals surface area (Å²) < 4.78 is 5.53. The molecule has 142 valence electrons. The highest BCUT2D eigenvalue weighted by molar-refractivity contribution is 6.31. The molecule has 1 atom stereocenters. The lowest BCUT2D eigenvalue weighted by molar-refractivity contribution is 0.132. The predicted octanol–water partition coefficient (Wildman–Crippen LogP) is 4.91. The van der Waals surface area contributed by atoms with E-state index in [0.717, 1.165) is 11.1 Å². The normalized spacial score (nSPS) is 13.5. The van der Waals surface area contributed by atoms with Crippen LogP contribution in [0.2, 0.25) is 5.02 Å². The van der Waals surface area contributed by atoms with Crippen LogP contribution in [0.15, 0.2) is 72.8 Å². The van der Waals surface area contributed by atoms with Crippen LogP contribution in [0.25, 0.3) is 11.1 Å². The largest absolute Gasteiger partial charge is 0.449 e. The molecule has 0 saturated carbocycles. The highest BCUT2D eigenvalue weighted by atomic mass is 35.5. The molecule has 0 heterocycles. The van der Waals surface area contributed by atoms with Crippen LogP contribution in [-0.4, -0.2) is 24.4 Å². The lowest BCUT2D eigenvalue weighted by Crippen LogP contribution is -2.32. The molecule has 0 fully saturated rings. The lowest BCUT2D eigenvalue weighted by Gasteiger charge is -2.19. The first-order valence-electron chi connectivity index (χ1n) is 9.16. The minimum atomic E-state index is -0.621. The van der Waals surface area contributed by atoms with Gasteiger partial charge in [-0.3, -0.25) is 0 Å². The fourth-order valence-electron chi connectivity index (χ4n) is 3.76. The number of benzene rings is 3. The summed E-state index contributed by atoms with van der Waals surface area (Å²) in [6.07, 6.45) is -0.583. The summed E-state index contributed by atoms with van der Waals surface area (Å²) >= 11 is 6.17. The quantitative estimate of drug-likeness (QED) is 0.647. The van der Waals surface area contributed by atoms with E-state index in [1.54, 1.807) is 18.2 Å². The maximum atomic E-state index is 12.4. The van der Waals surface area contributed by atoms with E-state index in [0.29, 0.717) is 10.6 Å². The van der Waals surface area contributed by atoms with Gasteiger partial charge < -0.3 is 15.2 Å². The van der Waals surface area contributed by atoms with E-state index >= 15 is 0 Å². The Morgan fingerprint density at radius 2 is 1.54 bits per heavy atom. The molecular weight excluding hydrogens is 374 g/mol. The second kappa shape index (κ2) is 8.05. The number of amides is 1. The number of aliphatic hydroxyl groups excluding tert-OH is 1. The van der Waals surface area contributed by atoms with Crippen molar-refractivity contribution in [1.29, 1.82) is 0 Å². The summed E-state index contributed by atoms with van der Waals surface area (Å²) in [5, 5.41) is 12.9. The van der Waals surface area contributed by atoms with E-state index in [-0.39, 0.29) is 19.1 Å². The van der Waals surface area contributed by atoms with Crippen molar-refractivity contribution in [1.82, 2.24) is 5.32 Å². The molecule has 1 amide bonds. The average molecular weight is 394 g/mol. The van der Waals surface area contributed by atoms with Crippen LogP contribution in [0.3, 0.4) is 0 Å². The number of fused-ring (bicyclic) bond motifs is 3. The van der Waals surface area contributed by atoms with Crippen molar-refractivity contribution in [3.8, 4) is 11.1 Å². The Kier molecular flexibility index (Phi) is 5.33. The van der Waals surface area contributed by atoms with Gasteiger partial charge in [0.05, 0.1) is 12.6 Å². The van der Waals surface area contributed by atoms with Gasteiger partial charge in [0.2, 0.25) is 0 Å². The summed E-state index contributed by atoms with van der Waals surface area (Å²) in [6, 6.07) is 22.8. The third-order valence-electron chi connectivity index (χ3n) is 5.10. The van der Waals surface area contributed by atoms with Gasteiger partial charge in [0.15, 0.2) is 0 Å². The number of hydrogen-bond donors (Lipinski definition) is 2. The zero-order valence-corrected chi connectivity index (χ0v) is 15.9. The third kappa shape index (κ3) is 3.49. The van der Waals surface area contributed by atoms with Crippen LogP contribution >= 0.6 is 11.6 Å². The maximum Gasteiger partial charge on any atom is 0.407 e. The molecule has 0 saturated heterocycles. The number of ether oxygens (including phenoxy) is 1. The van der Waals surface area contributed by atoms with E-state index in [9.17, 15) is 9.90 Å².